The fourth-order valence-electron chi connectivity index (χ4n) is 2.28. The standard InChI is InChI=1S/C15H14N4OS/c1-20-11-4-2-10(3-5-11)19-15(17)13(8-16)12-6-7-21-9-14(12)18-19/h2-6H,7,9,17H2,1H3. The van der Waals surface area contributed by atoms with Crippen molar-refractivity contribution in [2.24, 2.45) is 10.8 Å². The lowest BCUT2D eigenvalue weighted by Gasteiger charge is -2.29. The SMILES string of the molecule is COc1ccc(N2N=C3CSCC=C3C(C#N)=C2N)cc1. The number of anilines is 1. The molecule has 1 aromatic rings. The highest BCUT2D eigenvalue weighted by molar-refractivity contribution is 8.00. The van der Waals surface area contributed by atoms with E-state index in [0.717, 1.165) is 34.2 Å². The first-order valence-electron chi connectivity index (χ1n) is 6.44. The quantitative estimate of drug-likeness (QED) is 0.906. The molecule has 106 valence electrons. The summed E-state index contributed by atoms with van der Waals surface area (Å²) in [7, 11) is 1.62. The van der Waals surface area contributed by atoms with Gasteiger partial charge in [0.1, 0.15) is 23.2 Å². The van der Waals surface area contributed by atoms with E-state index in [-0.39, 0.29) is 0 Å². The molecule has 0 atom stereocenters. The zero-order valence-electron chi connectivity index (χ0n) is 11.5. The van der Waals surface area contributed by atoms with Crippen molar-refractivity contribution in [3.63, 3.8) is 0 Å². The fraction of sp³-hybridized carbons (Fsp3) is 0.200. The second-order valence-electron chi connectivity index (χ2n) is 4.56. The van der Waals surface area contributed by atoms with Crippen LogP contribution in [0.4, 0.5) is 5.69 Å². The van der Waals surface area contributed by atoms with Crippen LogP contribution in [0.5, 0.6) is 5.75 Å². The van der Waals surface area contributed by atoms with Gasteiger partial charge in [0.25, 0.3) is 0 Å². The van der Waals surface area contributed by atoms with Crippen LogP contribution in [-0.2, 0) is 0 Å². The number of hydrazone groups is 1. The van der Waals surface area contributed by atoms with Crippen LogP contribution in [0.2, 0.25) is 0 Å². The van der Waals surface area contributed by atoms with E-state index >= 15 is 0 Å². The van der Waals surface area contributed by atoms with E-state index in [4.69, 9.17) is 10.5 Å². The topological polar surface area (TPSA) is 74.6 Å². The molecule has 2 aliphatic heterocycles. The van der Waals surface area contributed by atoms with Gasteiger partial charge in [-0.1, -0.05) is 6.08 Å². The first-order valence-corrected chi connectivity index (χ1v) is 7.60. The summed E-state index contributed by atoms with van der Waals surface area (Å²) in [6, 6.07) is 9.63. The highest BCUT2D eigenvalue weighted by Gasteiger charge is 2.27. The Morgan fingerprint density at radius 1 is 1.38 bits per heavy atom. The van der Waals surface area contributed by atoms with Gasteiger partial charge in [-0.15, -0.1) is 0 Å². The molecule has 0 bridgehead atoms. The molecule has 21 heavy (non-hydrogen) atoms. The smallest absolute Gasteiger partial charge is 0.144 e. The Balaban J connectivity index is 2.05. The molecule has 6 heteroatoms. The molecule has 2 N–H and O–H groups in total. The van der Waals surface area contributed by atoms with Gasteiger partial charge in [-0.3, -0.25) is 0 Å². The molecule has 2 heterocycles. The van der Waals surface area contributed by atoms with Crippen LogP contribution in [0.3, 0.4) is 0 Å². The van der Waals surface area contributed by atoms with Crippen molar-refractivity contribution < 1.29 is 4.74 Å². The minimum absolute atomic E-state index is 0.365. The van der Waals surface area contributed by atoms with E-state index in [1.54, 1.807) is 23.9 Å². The largest absolute Gasteiger partial charge is 0.497 e. The maximum Gasteiger partial charge on any atom is 0.144 e. The van der Waals surface area contributed by atoms with Crippen molar-refractivity contribution in [2.75, 3.05) is 23.6 Å². The third kappa shape index (κ3) is 2.36. The number of allylic oxidation sites excluding steroid dienone is 2. The lowest BCUT2D eigenvalue weighted by Crippen LogP contribution is -2.33. The number of benzene rings is 1. The van der Waals surface area contributed by atoms with Crippen LogP contribution in [-0.4, -0.2) is 24.3 Å². The summed E-state index contributed by atoms with van der Waals surface area (Å²) in [6.45, 7) is 0. The molecular weight excluding hydrogens is 284 g/mol. The summed E-state index contributed by atoms with van der Waals surface area (Å²) < 4.78 is 5.15. The molecule has 0 unspecified atom stereocenters. The minimum Gasteiger partial charge on any atom is -0.497 e. The zero-order chi connectivity index (χ0) is 14.8. The molecule has 0 saturated carbocycles. The molecule has 0 aliphatic carbocycles. The van der Waals surface area contributed by atoms with Gasteiger partial charge in [-0.05, 0) is 24.3 Å². The van der Waals surface area contributed by atoms with Crippen molar-refractivity contribution in [2.45, 2.75) is 0 Å². The highest BCUT2D eigenvalue weighted by Crippen LogP contribution is 2.31. The summed E-state index contributed by atoms with van der Waals surface area (Å²) in [5, 5.41) is 15.6. The maximum absolute atomic E-state index is 9.41. The summed E-state index contributed by atoms with van der Waals surface area (Å²) in [6.07, 6.45) is 2.02. The first kappa shape index (κ1) is 13.6. The Bertz CT molecular complexity index is 697. The minimum atomic E-state index is 0.365. The van der Waals surface area contributed by atoms with E-state index in [0.29, 0.717) is 11.4 Å². The van der Waals surface area contributed by atoms with Crippen LogP contribution in [0.15, 0.2) is 52.4 Å². The lowest BCUT2D eigenvalue weighted by molar-refractivity contribution is 0.415. The van der Waals surface area contributed by atoms with Gasteiger partial charge in [0.2, 0.25) is 0 Å². The molecule has 5 nitrogen and oxygen atoms in total. The van der Waals surface area contributed by atoms with Crippen molar-refractivity contribution >= 4 is 23.2 Å². The predicted octanol–water partition coefficient (Wildman–Crippen LogP) is 2.24. The Labute approximate surface area is 127 Å². The number of fused-ring (bicyclic) bond motifs is 1. The van der Waals surface area contributed by atoms with Crippen molar-refractivity contribution in [3.8, 4) is 11.8 Å². The molecule has 1 aromatic carbocycles. The van der Waals surface area contributed by atoms with E-state index < -0.39 is 0 Å². The Morgan fingerprint density at radius 3 is 2.81 bits per heavy atom. The van der Waals surface area contributed by atoms with Gasteiger partial charge in [-0.2, -0.15) is 22.1 Å². The summed E-state index contributed by atoms with van der Waals surface area (Å²) >= 11 is 1.77. The van der Waals surface area contributed by atoms with Crippen LogP contribution >= 0.6 is 11.8 Å². The molecule has 0 amide bonds. The first-order chi connectivity index (χ1) is 10.2. The number of methoxy groups -OCH3 is 1. The second kappa shape index (κ2) is 5.54. The predicted molar refractivity (Wildman–Crippen MR) is 85.1 cm³/mol. The third-order valence-corrected chi connectivity index (χ3v) is 4.24. The lowest BCUT2D eigenvalue weighted by atomic mass is 10.0. The number of nitrogens with two attached hydrogens (primary N) is 1. The maximum atomic E-state index is 9.41. The Kier molecular flexibility index (Phi) is 3.59. The number of hydrogen-bond acceptors (Lipinski definition) is 6. The molecule has 0 radical (unpaired) electrons. The van der Waals surface area contributed by atoms with E-state index in [1.807, 2.05) is 30.3 Å². The molecule has 0 fully saturated rings. The van der Waals surface area contributed by atoms with E-state index in [9.17, 15) is 5.26 Å². The van der Waals surface area contributed by atoms with Gasteiger partial charge in [0, 0.05) is 17.1 Å². The Morgan fingerprint density at radius 2 is 2.14 bits per heavy atom. The fourth-order valence-corrected chi connectivity index (χ4v) is 3.09. The highest BCUT2D eigenvalue weighted by atomic mass is 32.2. The number of rotatable bonds is 2. The average Bonchev–Trinajstić information content (AvgIpc) is 2.54. The number of nitriles is 1. The average molecular weight is 298 g/mol. The van der Waals surface area contributed by atoms with Gasteiger partial charge < -0.3 is 10.5 Å². The van der Waals surface area contributed by atoms with Crippen molar-refractivity contribution in [3.05, 3.63) is 47.3 Å². The van der Waals surface area contributed by atoms with Gasteiger partial charge >= 0.3 is 0 Å². The number of nitrogens with zero attached hydrogens (tertiary/aromatic N) is 3. The monoisotopic (exact) mass is 298 g/mol. The molecule has 3 rings (SSSR count). The number of hydrogen-bond donors (Lipinski definition) is 1. The molecule has 0 aromatic heterocycles. The van der Waals surface area contributed by atoms with E-state index in [1.165, 1.54) is 0 Å². The second-order valence-corrected chi connectivity index (χ2v) is 5.59. The number of ether oxygens (including phenoxy) is 1. The normalized spacial score (nSPS) is 17.6. The van der Waals surface area contributed by atoms with Gasteiger partial charge in [0.15, 0.2) is 0 Å². The zero-order valence-corrected chi connectivity index (χ0v) is 12.4. The van der Waals surface area contributed by atoms with Gasteiger partial charge in [-0.25, -0.2) is 5.01 Å². The van der Waals surface area contributed by atoms with Crippen LogP contribution in [0, 0.1) is 11.3 Å². The third-order valence-electron chi connectivity index (χ3n) is 3.36. The summed E-state index contributed by atoms with van der Waals surface area (Å²) in [4.78, 5) is 0. The van der Waals surface area contributed by atoms with E-state index in [2.05, 4.69) is 11.2 Å². The number of thioether (sulfide) groups is 1. The Hall–Kier alpha value is -2.39. The van der Waals surface area contributed by atoms with Crippen LogP contribution in [0.1, 0.15) is 0 Å². The molecule has 0 saturated heterocycles. The van der Waals surface area contributed by atoms with Crippen LogP contribution in [0.25, 0.3) is 0 Å². The summed E-state index contributed by atoms with van der Waals surface area (Å²) in [5.74, 6) is 2.80. The van der Waals surface area contributed by atoms with Crippen molar-refractivity contribution in [1.82, 2.24) is 0 Å². The summed E-state index contributed by atoms with van der Waals surface area (Å²) in [5.41, 5.74) is 9.22. The van der Waals surface area contributed by atoms with Gasteiger partial charge in [0.05, 0.1) is 18.5 Å². The molecule has 2 aliphatic rings. The van der Waals surface area contributed by atoms with Crippen molar-refractivity contribution in [1.29, 1.82) is 5.26 Å². The molecular formula is C15H14N4OS. The molecule has 0 spiro atoms. The van der Waals surface area contributed by atoms with Crippen LogP contribution < -0.4 is 15.5 Å².